The Bertz CT molecular complexity index is 654. The normalized spacial score (nSPS) is 16.1. The molecule has 1 saturated heterocycles. The van der Waals surface area contributed by atoms with Gasteiger partial charge in [-0.25, -0.2) is 4.68 Å². The van der Waals surface area contributed by atoms with Crippen LogP contribution in [0.3, 0.4) is 0 Å². The number of aryl methyl sites for hydroxylation is 1. The molecule has 0 radical (unpaired) electrons. The quantitative estimate of drug-likeness (QED) is 0.691. The van der Waals surface area contributed by atoms with Crippen LogP contribution in [0.15, 0.2) is 24.3 Å². The standard InChI is InChI=1S/C17H26N6O2/c1-22-17(19-20-21-22)18-8-3-11-25-16-5-2-4-14(12-16)13-23-9-6-15(24)7-10-23/h2,4-5,12,15,24H,3,6-11,13H2,1H3,(H,18,19,21). The number of anilines is 1. The number of hydrogen-bond donors (Lipinski definition) is 2. The Morgan fingerprint density at radius 3 is 2.92 bits per heavy atom. The van der Waals surface area contributed by atoms with Crippen LogP contribution in [-0.4, -0.2) is 62.6 Å². The van der Waals surface area contributed by atoms with E-state index < -0.39 is 0 Å². The van der Waals surface area contributed by atoms with E-state index in [2.05, 4.69) is 37.9 Å². The first-order valence-electron chi connectivity index (χ1n) is 8.79. The molecule has 0 amide bonds. The molecule has 0 unspecified atom stereocenters. The van der Waals surface area contributed by atoms with Gasteiger partial charge >= 0.3 is 0 Å². The summed E-state index contributed by atoms with van der Waals surface area (Å²) < 4.78 is 7.45. The molecule has 0 aliphatic carbocycles. The van der Waals surface area contributed by atoms with Crippen LogP contribution in [-0.2, 0) is 13.6 Å². The molecule has 1 aliphatic heterocycles. The summed E-state index contributed by atoms with van der Waals surface area (Å²) in [7, 11) is 1.80. The second kappa shape index (κ2) is 8.77. The molecule has 3 rings (SSSR count). The van der Waals surface area contributed by atoms with Gasteiger partial charge in [0.1, 0.15) is 5.75 Å². The van der Waals surface area contributed by atoms with Crippen molar-refractivity contribution in [2.45, 2.75) is 31.9 Å². The van der Waals surface area contributed by atoms with Crippen LogP contribution in [0, 0.1) is 0 Å². The molecule has 0 atom stereocenters. The molecule has 1 aliphatic rings. The minimum absolute atomic E-state index is 0.128. The van der Waals surface area contributed by atoms with Gasteiger partial charge in [0.15, 0.2) is 0 Å². The van der Waals surface area contributed by atoms with Gasteiger partial charge in [-0.1, -0.05) is 17.2 Å². The third-order valence-electron chi connectivity index (χ3n) is 4.35. The summed E-state index contributed by atoms with van der Waals surface area (Å²) >= 11 is 0. The van der Waals surface area contributed by atoms with Crippen molar-refractivity contribution in [1.29, 1.82) is 0 Å². The van der Waals surface area contributed by atoms with E-state index in [1.807, 2.05) is 12.1 Å². The van der Waals surface area contributed by atoms with Gasteiger partial charge in [-0.2, -0.15) is 0 Å². The maximum Gasteiger partial charge on any atom is 0.242 e. The monoisotopic (exact) mass is 346 g/mol. The SMILES string of the molecule is Cn1nnnc1NCCCOc1cccc(CN2CCC(O)CC2)c1. The number of rotatable bonds is 8. The highest BCUT2D eigenvalue weighted by atomic mass is 16.5. The number of nitrogens with zero attached hydrogens (tertiary/aromatic N) is 5. The second-order valence-electron chi connectivity index (χ2n) is 6.41. The van der Waals surface area contributed by atoms with Crippen LogP contribution in [0.4, 0.5) is 5.95 Å². The smallest absolute Gasteiger partial charge is 0.242 e. The van der Waals surface area contributed by atoms with E-state index in [0.29, 0.717) is 12.6 Å². The topological polar surface area (TPSA) is 88.3 Å². The molecule has 8 nitrogen and oxygen atoms in total. The zero-order valence-electron chi connectivity index (χ0n) is 14.6. The molecule has 2 aromatic rings. The van der Waals surface area contributed by atoms with Crippen molar-refractivity contribution in [3.05, 3.63) is 29.8 Å². The Hall–Kier alpha value is -2.19. The number of aliphatic hydroxyl groups is 1. The van der Waals surface area contributed by atoms with Gasteiger partial charge in [0.2, 0.25) is 5.95 Å². The van der Waals surface area contributed by atoms with Gasteiger partial charge < -0.3 is 15.2 Å². The van der Waals surface area contributed by atoms with Crippen LogP contribution in [0.1, 0.15) is 24.8 Å². The Balaban J connectivity index is 1.38. The van der Waals surface area contributed by atoms with E-state index >= 15 is 0 Å². The predicted octanol–water partition coefficient (Wildman–Crippen LogP) is 1.05. The fourth-order valence-corrected chi connectivity index (χ4v) is 2.91. The summed E-state index contributed by atoms with van der Waals surface area (Å²) in [6.07, 6.45) is 2.46. The first-order valence-corrected chi connectivity index (χ1v) is 8.79. The van der Waals surface area contributed by atoms with Gasteiger partial charge in [-0.05, 0) is 47.4 Å². The molecule has 8 heteroatoms. The number of benzene rings is 1. The second-order valence-corrected chi connectivity index (χ2v) is 6.41. The highest BCUT2D eigenvalue weighted by Gasteiger charge is 2.16. The summed E-state index contributed by atoms with van der Waals surface area (Å²) in [6.45, 7) is 4.20. The van der Waals surface area contributed by atoms with Crippen molar-refractivity contribution in [2.75, 3.05) is 31.6 Å². The maximum atomic E-state index is 9.59. The van der Waals surface area contributed by atoms with Crippen molar-refractivity contribution in [3.63, 3.8) is 0 Å². The van der Waals surface area contributed by atoms with Crippen molar-refractivity contribution < 1.29 is 9.84 Å². The first kappa shape index (κ1) is 17.6. The molecule has 0 bridgehead atoms. The molecule has 2 N–H and O–H groups in total. The molecule has 0 saturated carbocycles. The van der Waals surface area contributed by atoms with E-state index in [1.165, 1.54) is 5.56 Å². The van der Waals surface area contributed by atoms with Crippen molar-refractivity contribution in [2.24, 2.45) is 7.05 Å². The summed E-state index contributed by atoms with van der Waals surface area (Å²) in [5, 5.41) is 24.0. The van der Waals surface area contributed by atoms with E-state index in [4.69, 9.17) is 4.74 Å². The molecule has 2 heterocycles. The van der Waals surface area contributed by atoms with Crippen LogP contribution in [0.5, 0.6) is 5.75 Å². The number of hydrogen-bond acceptors (Lipinski definition) is 7. The molecular weight excluding hydrogens is 320 g/mol. The third-order valence-corrected chi connectivity index (χ3v) is 4.35. The average Bonchev–Trinajstić information content (AvgIpc) is 3.02. The van der Waals surface area contributed by atoms with Crippen LogP contribution in [0.25, 0.3) is 0 Å². The lowest BCUT2D eigenvalue weighted by molar-refractivity contribution is 0.0792. The molecule has 1 aromatic carbocycles. The number of piperidine rings is 1. The van der Waals surface area contributed by atoms with Crippen LogP contribution >= 0.6 is 0 Å². The van der Waals surface area contributed by atoms with Gasteiger partial charge in [0.05, 0.1) is 12.7 Å². The molecule has 136 valence electrons. The van der Waals surface area contributed by atoms with Gasteiger partial charge in [0.25, 0.3) is 0 Å². The predicted molar refractivity (Wildman–Crippen MR) is 94.4 cm³/mol. The Morgan fingerprint density at radius 1 is 1.32 bits per heavy atom. The summed E-state index contributed by atoms with van der Waals surface area (Å²) in [4.78, 5) is 2.38. The Kier molecular flexibility index (Phi) is 6.19. The van der Waals surface area contributed by atoms with Gasteiger partial charge in [0, 0.05) is 33.2 Å². The molecule has 0 spiro atoms. The Labute approximate surface area is 147 Å². The number of nitrogens with one attached hydrogen (secondary N) is 1. The summed E-state index contributed by atoms with van der Waals surface area (Å²) in [5.41, 5.74) is 1.25. The number of tetrazole rings is 1. The van der Waals surface area contributed by atoms with Crippen LogP contribution in [0.2, 0.25) is 0 Å². The summed E-state index contributed by atoms with van der Waals surface area (Å²) in [5.74, 6) is 1.56. The van der Waals surface area contributed by atoms with E-state index in [-0.39, 0.29) is 6.10 Å². The molecule has 25 heavy (non-hydrogen) atoms. The number of aliphatic hydroxyl groups excluding tert-OH is 1. The highest BCUT2D eigenvalue weighted by Crippen LogP contribution is 2.18. The maximum absolute atomic E-state index is 9.59. The van der Waals surface area contributed by atoms with E-state index in [0.717, 1.165) is 51.2 Å². The lowest BCUT2D eigenvalue weighted by atomic mass is 10.1. The minimum atomic E-state index is -0.128. The third kappa shape index (κ3) is 5.40. The fourth-order valence-electron chi connectivity index (χ4n) is 2.91. The van der Waals surface area contributed by atoms with E-state index in [9.17, 15) is 5.11 Å². The van der Waals surface area contributed by atoms with Gasteiger partial charge in [-0.15, -0.1) is 0 Å². The molecular formula is C17H26N6O2. The molecule has 1 fully saturated rings. The largest absolute Gasteiger partial charge is 0.494 e. The minimum Gasteiger partial charge on any atom is -0.494 e. The zero-order valence-corrected chi connectivity index (χ0v) is 14.6. The zero-order chi connectivity index (χ0) is 17.5. The van der Waals surface area contributed by atoms with Crippen molar-refractivity contribution >= 4 is 5.95 Å². The highest BCUT2D eigenvalue weighted by molar-refractivity contribution is 5.28. The average molecular weight is 346 g/mol. The van der Waals surface area contributed by atoms with E-state index in [1.54, 1.807) is 11.7 Å². The lowest BCUT2D eigenvalue weighted by Gasteiger charge is -2.29. The molecule has 1 aromatic heterocycles. The first-order chi connectivity index (χ1) is 12.2. The van der Waals surface area contributed by atoms with Gasteiger partial charge in [-0.3, -0.25) is 4.90 Å². The van der Waals surface area contributed by atoms with Crippen LogP contribution < -0.4 is 10.1 Å². The number of aromatic nitrogens is 4. The lowest BCUT2D eigenvalue weighted by Crippen LogP contribution is -2.35. The number of ether oxygens (including phenoxy) is 1. The van der Waals surface area contributed by atoms with Crippen molar-refractivity contribution in [3.8, 4) is 5.75 Å². The Morgan fingerprint density at radius 2 is 2.16 bits per heavy atom. The fraction of sp³-hybridized carbons (Fsp3) is 0.588. The van der Waals surface area contributed by atoms with Crippen molar-refractivity contribution in [1.82, 2.24) is 25.1 Å². The summed E-state index contributed by atoms with van der Waals surface area (Å²) in [6, 6.07) is 8.25. The number of likely N-dealkylation sites (tertiary alicyclic amines) is 1.